The van der Waals surface area contributed by atoms with Gasteiger partial charge in [-0.05, 0) is 41.5 Å². The highest BCUT2D eigenvalue weighted by atomic mass is 16.5. The van der Waals surface area contributed by atoms with E-state index in [1.54, 1.807) is 7.11 Å². The van der Waals surface area contributed by atoms with E-state index in [9.17, 15) is 9.59 Å². The van der Waals surface area contributed by atoms with E-state index in [4.69, 9.17) is 9.15 Å². The van der Waals surface area contributed by atoms with Crippen LogP contribution < -0.4 is 10.4 Å². The molecule has 3 rings (SSSR count). The monoisotopic (exact) mass is 384 g/mol. The Morgan fingerprint density at radius 3 is 2.50 bits per heavy atom. The van der Waals surface area contributed by atoms with Gasteiger partial charge in [0, 0.05) is 18.4 Å². The lowest BCUT2D eigenvalue weighted by molar-refractivity contribution is -0.118. The van der Waals surface area contributed by atoms with E-state index in [1.807, 2.05) is 6.07 Å². The van der Waals surface area contributed by atoms with Gasteiger partial charge in [0.05, 0.1) is 12.5 Å². The van der Waals surface area contributed by atoms with Crippen molar-refractivity contribution in [1.82, 2.24) is 0 Å². The minimum absolute atomic E-state index is 0.0437. The fourth-order valence-electron chi connectivity index (χ4n) is 4.27. The molecule has 0 saturated heterocycles. The van der Waals surface area contributed by atoms with Crippen LogP contribution in [0.5, 0.6) is 5.75 Å². The van der Waals surface area contributed by atoms with E-state index < -0.39 is 0 Å². The van der Waals surface area contributed by atoms with Crippen LogP contribution in [0.2, 0.25) is 0 Å². The van der Waals surface area contributed by atoms with Crippen LogP contribution in [-0.4, -0.2) is 12.9 Å². The number of Topliss-reactive ketones (excluding diaryl/α,β-unsaturated/α-hetero) is 1. The van der Waals surface area contributed by atoms with Gasteiger partial charge in [0.15, 0.2) is 0 Å². The molecule has 1 aliphatic carbocycles. The van der Waals surface area contributed by atoms with Crippen molar-refractivity contribution in [3.05, 3.63) is 39.2 Å². The molecule has 4 nitrogen and oxygen atoms in total. The molecule has 0 saturated carbocycles. The summed E-state index contributed by atoms with van der Waals surface area (Å²) in [5.41, 5.74) is 2.71. The molecule has 1 aliphatic rings. The quantitative estimate of drug-likeness (QED) is 0.445. The number of benzene rings is 1. The lowest BCUT2D eigenvalue weighted by Gasteiger charge is -2.27. The molecule has 1 aromatic carbocycles. The first kappa shape index (κ1) is 20.6. The highest BCUT2D eigenvalue weighted by molar-refractivity contribution is 5.94. The summed E-state index contributed by atoms with van der Waals surface area (Å²) in [6.07, 6.45) is 8.46. The standard InChI is InChI=1S/C24H32O4/c1-5-6-7-8-9-12-24(2,3)16-13-20(27-4)22-19-15-17(25)10-11-18(19)23(26)28-21(22)14-16/h13-14H,5-12,15H2,1-4H3. The van der Waals surface area contributed by atoms with Gasteiger partial charge in [-0.2, -0.15) is 0 Å². The molecule has 0 unspecified atom stereocenters. The number of hydrogen-bond donors (Lipinski definition) is 0. The molecule has 0 radical (unpaired) electrons. The Balaban J connectivity index is 2.00. The predicted molar refractivity (Wildman–Crippen MR) is 112 cm³/mol. The second kappa shape index (κ2) is 8.50. The Labute approximate surface area is 167 Å². The van der Waals surface area contributed by atoms with Crippen LogP contribution in [0.1, 0.15) is 82.4 Å². The predicted octanol–water partition coefficient (Wildman–Crippen LogP) is 5.50. The summed E-state index contributed by atoms with van der Waals surface area (Å²) in [5, 5.41) is 0.785. The summed E-state index contributed by atoms with van der Waals surface area (Å²) in [4.78, 5) is 24.5. The normalized spacial score (nSPS) is 14.4. The number of carbonyl (C=O) groups excluding carboxylic acids is 1. The van der Waals surface area contributed by atoms with Crippen molar-refractivity contribution in [1.29, 1.82) is 0 Å². The molecule has 28 heavy (non-hydrogen) atoms. The van der Waals surface area contributed by atoms with Crippen molar-refractivity contribution in [2.45, 2.75) is 84.0 Å². The van der Waals surface area contributed by atoms with Crippen molar-refractivity contribution >= 4 is 16.8 Å². The summed E-state index contributed by atoms with van der Waals surface area (Å²) in [6, 6.07) is 4.04. The summed E-state index contributed by atoms with van der Waals surface area (Å²) in [6.45, 7) is 6.69. The number of methoxy groups -OCH3 is 1. The second-order valence-corrected chi connectivity index (χ2v) is 8.66. The van der Waals surface area contributed by atoms with E-state index in [0.717, 1.165) is 22.9 Å². The number of fused-ring (bicyclic) bond motifs is 3. The minimum Gasteiger partial charge on any atom is -0.496 e. The van der Waals surface area contributed by atoms with Gasteiger partial charge < -0.3 is 9.15 Å². The van der Waals surface area contributed by atoms with Crippen LogP contribution in [0.25, 0.3) is 11.0 Å². The number of ether oxygens (including phenoxy) is 1. The van der Waals surface area contributed by atoms with E-state index in [-0.39, 0.29) is 23.2 Å². The summed E-state index contributed by atoms with van der Waals surface area (Å²) in [5.74, 6) is 0.860. The van der Waals surface area contributed by atoms with Crippen LogP contribution in [0.15, 0.2) is 21.3 Å². The topological polar surface area (TPSA) is 56.5 Å². The second-order valence-electron chi connectivity index (χ2n) is 8.66. The largest absolute Gasteiger partial charge is 0.496 e. The minimum atomic E-state index is -0.313. The van der Waals surface area contributed by atoms with Crippen molar-refractivity contribution in [2.24, 2.45) is 0 Å². The first-order valence-electron chi connectivity index (χ1n) is 10.6. The summed E-state index contributed by atoms with van der Waals surface area (Å²) >= 11 is 0. The number of carbonyl (C=O) groups is 1. The zero-order valence-electron chi connectivity index (χ0n) is 17.7. The molecular formula is C24H32O4. The molecule has 1 heterocycles. The third-order valence-electron chi connectivity index (χ3n) is 6.12. The highest BCUT2D eigenvalue weighted by Crippen LogP contribution is 2.38. The number of rotatable bonds is 8. The zero-order chi connectivity index (χ0) is 20.3. The molecule has 2 aromatic rings. The molecule has 0 atom stereocenters. The Morgan fingerprint density at radius 1 is 1.04 bits per heavy atom. The van der Waals surface area contributed by atoms with Crippen LogP contribution in [0.3, 0.4) is 0 Å². The Hall–Kier alpha value is -2.10. The zero-order valence-corrected chi connectivity index (χ0v) is 17.7. The molecule has 0 amide bonds. The van der Waals surface area contributed by atoms with E-state index in [0.29, 0.717) is 29.7 Å². The third-order valence-corrected chi connectivity index (χ3v) is 6.12. The summed E-state index contributed by atoms with van der Waals surface area (Å²) in [7, 11) is 1.64. The van der Waals surface area contributed by atoms with Gasteiger partial charge in [0.1, 0.15) is 17.1 Å². The average Bonchev–Trinajstić information content (AvgIpc) is 2.66. The van der Waals surface area contributed by atoms with Crippen LogP contribution in [-0.2, 0) is 23.1 Å². The molecule has 1 aromatic heterocycles. The summed E-state index contributed by atoms with van der Waals surface area (Å²) < 4.78 is 11.4. The van der Waals surface area contributed by atoms with Crippen LogP contribution >= 0.6 is 0 Å². The van der Waals surface area contributed by atoms with Crippen molar-refractivity contribution in [3.8, 4) is 5.75 Å². The Morgan fingerprint density at radius 2 is 1.79 bits per heavy atom. The number of ketones is 1. The molecule has 0 spiro atoms. The Kier molecular flexibility index (Phi) is 6.26. The molecular weight excluding hydrogens is 352 g/mol. The average molecular weight is 385 g/mol. The van der Waals surface area contributed by atoms with Gasteiger partial charge in [-0.15, -0.1) is 0 Å². The molecule has 4 heteroatoms. The third kappa shape index (κ3) is 4.16. The van der Waals surface area contributed by atoms with Gasteiger partial charge >= 0.3 is 5.63 Å². The maximum Gasteiger partial charge on any atom is 0.339 e. The van der Waals surface area contributed by atoms with E-state index in [1.165, 1.54) is 32.1 Å². The number of hydrogen-bond acceptors (Lipinski definition) is 4. The van der Waals surface area contributed by atoms with Crippen molar-refractivity contribution in [2.75, 3.05) is 7.11 Å². The maximum absolute atomic E-state index is 12.5. The molecule has 0 N–H and O–H groups in total. The molecule has 0 bridgehead atoms. The molecule has 0 fully saturated rings. The first-order chi connectivity index (χ1) is 13.4. The molecule has 152 valence electrons. The fraction of sp³-hybridized carbons (Fsp3) is 0.583. The van der Waals surface area contributed by atoms with Gasteiger partial charge in [-0.1, -0.05) is 52.9 Å². The lowest BCUT2D eigenvalue weighted by atomic mass is 9.79. The van der Waals surface area contributed by atoms with Gasteiger partial charge in [-0.25, -0.2) is 4.79 Å². The van der Waals surface area contributed by atoms with Gasteiger partial charge in [0.2, 0.25) is 0 Å². The Bertz CT molecular complexity index is 920. The van der Waals surface area contributed by atoms with Crippen LogP contribution in [0.4, 0.5) is 0 Å². The number of unbranched alkanes of at least 4 members (excludes halogenated alkanes) is 4. The lowest BCUT2D eigenvalue weighted by Crippen LogP contribution is -2.22. The van der Waals surface area contributed by atoms with Crippen LogP contribution in [0, 0.1) is 0 Å². The van der Waals surface area contributed by atoms with Gasteiger partial charge in [-0.3, -0.25) is 4.79 Å². The maximum atomic E-state index is 12.5. The smallest absolute Gasteiger partial charge is 0.339 e. The SMILES string of the molecule is CCCCCCCC(C)(C)c1cc(OC)c2c3c(c(=O)oc2c1)CCC(=O)C3. The van der Waals surface area contributed by atoms with E-state index in [2.05, 4.69) is 26.8 Å². The van der Waals surface area contributed by atoms with Crippen molar-refractivity contribution < 1.29 is 13.9 Å². The highest BCUT2D eigenvalue weighted by Gasteiger charge is 2.27. The fourth-order valence-corrected chi connectivity index (χ4v) is 4.27. The van der Waals surface area contributed by atoms with Gasteiger partial charge in [0.25, 0.3) is 0 Å². The van der Waals surface area contributed by atoms with Crippen molar-refractivity contribution in [3.63, 3.8) is 0 Å². The molecule has 0 aliphatic heterocycles. The van der Waals surface area contributed by atoms with E-state index >= 15 is 0 Å². The first-order valence-corrected chi connectivity index (χ1v) is 10.6.